The average molecular weight is 530 g/mol. The van der Waals surface area contributed by atoms with Gasteiger partial charge >= 0.3 is 0 Å². The number of aromatic nitrogens is 3. The third-order valence-electron chi connectivity index (χ3n) is 7.40. The molecule has 2 aromatic heterocycles. The van der Waals surface area contributed by atoms with Crippen molar-refractivity contribution in [1.82, 2.24) is 19.7 Å². The third-order valence-corrected chi connectivity index (χ3v) is 7.40. The Bertz CT molecular complexity index is 1650. The number of pyridine rings is 1. The number of carbonyl (C=O) groups is 1. The Morgan fingerprint density at radius 1 is 1.00 bits per heavy atom. The van der Waals surface area contributed by atoms with Crippen LogP contribution < -0.4 is 10.5 Å². The first-order valence-electron chi connectivity index (χ1n) is 13.5. The number of piperidine rings is 1. The minimum atomic E-state index is -0.0546. The Morgan fingerprint density at radius 3 is 2.42 bits per heavy atom. The van der Waals surface area contributed by atoms with Crippen LogP contribution in [0.1, 0.15) is 30.0 Å². The molecule has 0 spiro atoms. The second-order valence-corrected chi connectivity index (χ2v) is 10.1. The van der Waals surface area contributed by atoms with Crippen LogP contribution in [-0.2, 0) is 11.2 Å². The molecule has 7 nitrogen and oxygen atoms in total. The highest BCUT2D eigenvalue weighted by Gasteiger charge is 2.28. The van der Waals surface area contributed by atoms with E-state index < -0.39 is 0 Å². The van der Waals surface area contributed by atoms with Crippen LogP contribution >= 0.6 is 0 Å². The second-order valence-electron chi connectivity index (χ2n) is 10.1. The summed E-state index contributed by atoms with van der Waals surface area (Å²) >= 11 is 0. The fourth-order valence-corrected chi connectivity index (χ4v) is 5.46. The number of ether oxygens (including phenoxy) is 1. The molecule has 1 aliphatic rings. The maximum absolute atomic E-state index is 12.5. The predicted octanol–water partition coefficient (Wildman–Crippen LogP) is 6.41. The Balaban J connectivity index is 1.45. The monoisotopic (exact) mass is 529 g/mol. The number of rotatable bonds is 7. The van der Waals surface area contributed by atoms with Gasteiger partial charge in [0.05, 0.1) is 16.9 Å². The van der Waals surface area contributed by atoms with E-state index in [1.165, 1.54) is 11.6 Å². The summed E-state index contributed by atoms with van der Waals surface area (Å²) in [6.07, 6.45) is 5.74. The van der Waals surface area contributed by atoms with Crippen LogP contribution in [0.5, 0.6) is 11.5 Å². The Kier molecular flexibility index (Phi) is 7.02. The molecule has 2 N–H and O–H groups in total. The van der Waals surface area contributed by atoms with Crippen LogP contribution in [0.4, 0.5) is 5.82 Å². The van der Waals surface area contributed by atoms with Crippen LogP contribution in [0.2, 0.25) is 0 Å². The molecular weight excluding hydrogens is 498 g/mol. The van der Waals surface area contributed by atoms with Crippen LogP contribution in [0.3, 0.4) is 0 Å². The number of nitrogens with zero attached hydrogens (tertiary/aromatic N) is 4. The van der Waals surface area contributed by atoms with Gasteiger partial charge in [0.15, 0.2) is 0 Å². The lowest BCUT2D eigenvalue weighted by atomic mass is 10.0. The van der Waals surface area contributed by atoms with E-state index in [0.29, 0.717) is 18.8 Å². The van der Waals surface area contributed by atoms with Gasteiger partial charge in [0.1, 0.15) is 23.0 Å². The van der Waals surface area contributed by atoms with Gasteiger partial charge in [-0.1, -0.05) is 55.1 Å². The molecule has 7 heteroatoms. The summed E-state index contributed by atoms with van der Waals surface area (Å²) in [5.41, 5.74) is 11.4. The normalized spacial score (nSPS) is 15.2. The molecule has 40 heavy (non-hydrogen) atoms. The number of amides is 1. The minimum absolute atomic E-state index is 0.00547. The van der Waals surface area contributed by atoms with Crippen LogP contribution in [0.15, 0.2) is 104 Å². The third kappa shape index (κ3) is 5.06. The second kappa shape index (κ2) is 11.1. The van der Waals surface area contributed by atoms with E-state index in [9.17, 15) is 4.79 Å². The molecule has 0 saturated carbocycles. The number of nitrogens with two attached hydrogens (primary N) is 1. The summed E-state index contributed by atoms with van der Waals surface area (Å²) in [6.45, 7) is 4.97. The molecule has 1 saturated heterocycles. The number of nitrogen functional groups attached to an aromatic ring is 1. The largest absolute Gasteiger partial charge is 0.457 e. The molecule has 3 heterocycles. The van der Waals surface area contributed by atoms with Gasteiger partial charge in [-0.2, -0.15) is 5.10 Å². The lowest BCUT2D eigenvalue weighted by molar-refractivity contribution is -0.127. The fraction of sp³-hybridized carbons (Fsp3) is 0.182. The van der Waals surface area contributed by atoms with Crippen molar-refractivity contribution >= 4 is 22.6 Å². The van der Waals surface area contributed by atoms with E-state index in [0.717, 1.165) is 58.6 Å². The number of anilines is 1. The lowest BCUT2D eigenvalue weighted by Crippen LogP contribution is -2.40. The number of hydrogen-bond acceptors (Lipinski definition) is 5. The molecule has 6 rings (SSSR count). The summed E-state index contributed by atoms with van der Waals surface area (Å²) in [7, 11) is 0. The number of likely N-dealkylation sites (tertiary alicyclic amines) is 1. The van der Waals surface area contributed by atoms with Gasteiger partial charge in [-0.05, 0) is 60.9 Å². The van der Waals surface area contributed by atoms with Gasteiger partial charge in [0, 0.05) is 36.8 Å². The Labute approximate surface area is 233 Å². The quantitative estimate of drug-likeness (QED) is 0.246. The first-order valence-corrected chi connectivity index (χ1v) is 13.5. The molecule has 200 valence electrons. The first kappa shape index (κ1) is 25.4. The van der Waals surface area contributed by atoms with Crippen molar-refractivity contribution in [2.24, 2.45) is 0 Å². The molecule has 1 atom stereocenters. The van der Waals surface area contributed by atoms with Crippen LogP contribution in [0.25, 0.3) is 22.2 Å². The topological polar surface area (TPSA) is 86.3 Å². The van der Waals surface area contributed by atoms with E-state index in [1.54, 1.807) is 0 Å². The molecule has 0 radical (unpaired) electrons. The highest BCUT2D eigenvalue weighted by molar-refractivity contribution is 6.02. The first-order chi connectivity index (χ1) is 19.6. The maximum atomic E-state index is 12.5. The van der Waals surface area contributed by atoms with E-state index >= 15 is 0 Å². The number of para-hydroxylation sites is 1. The van der Waals surface area contributed by atoms with Gasteiger partial charge in [-0.3, -0.25) is 9.48 Å². The van der Waals surface area contributed by atoms with Crippen molar-refractivity contribution in [3.8, 4) is 22.8 Å². The van der Waals surface area contributed by atoms with Crippen molar-refractivity contribution < 1.29 is 9.53 Å². The average Bonchev–Trinajstić information content (AvgIpc) is 3.42. The van der Waals surface area contributed by atoms with Crippen molar-refractivity contribution in [3.63, 3.8) is 0 Å². The predicted molar refractivity (Wildman–Crippen MR) is 158 cm³/mol. The van der Waals surface area contributed by atoms with Gasteiger partial charge in [0.2, 0.25) is 5.91 Å². The molecule has 1 fully saturated rings. The highest BCUT2D eigenvalue weighted by Crippen LogP contribution is 2.38. The molecule has 1 amide bonds. The number of carbonyl (C=O) groups excluding carboxylic acids is 1. The summed E-state index contributed by atoms with van der Waals surface area (Å²) < 4.78 is 8.08. The smallest absolute Gasteiger partial charge is 0.246 e. The Morgan fingerprint density at radius 2 is 1.70 bits per heavy atom. The summed E-state index contributed by atoms with van der Waals surface area (Å²) in [4.78, 5) is 18.9. The zero-order valence-corrected chi connectivity index (χ0v) is 22.2. The Hall–Kier alpha value is -4.91. The number of fused-ring (bicyclic) bond motifs is 1. The summed E-state index contributed by atoms with van der Waals surface area (Å²) in [5.74, 6) is 1.90. The van der Waals surface area contributed by atoms with Gasteiger partial charge < -0.3 is 15.4 Å². The maximum Gasteiger partial charge on any atom is 0.246 e. The number of hydrogen-bond donors (Lipinski definition) is 1. The standard InChI is InChI=1S/C33H31N5O2/c1-2-29(39)37-19-9-12-26(22-37)38-32-25(20-23-10-5-3-6-11-23)21-35-33(34)30(32)31(36-38)24-15-17-28(18-16-24)40-27-13-7-4-8-14-27/h2-8,10-11,13-18,21,26H,1,9,12,19-20,22H2,(H2,34,35). The SMILES string of the molecule is C=CC(=O)N1CCCC(n2nc(-c3ccc(Oc4ccccc4)cc3)c3c(N)ncc(Cc4ccccc4)c32)C1. The highest BCUT2D eigenvalue weighted by atomic mass is 16.5. The fourth-order valence-electron chi connectivity index (χ4n) is 5.46. The molecule has 1 aliphatic heterocycles. The van der Waals surface area contributed by atoms with E-state index in [4.69, 9.17) is 15.6 Å². The minimum Gasteiger partial charge on any atom is -0.457 e. The van der Waals surface area contributed by atoms with Crippen LogP contribution in [-0.4, -0.2) is 38.7 Å². The number of benzene rings is 3. The molecule has 0 aliphatic carbocycles. The summed E-state index contributed by atoms with van der Waals surface area (Å²) in [6, 6.07) is 27.9. The van der Waals surface area contributed by atoms with E-state index in [2.05, 4.69) is 28.4 Å². The van der Waals surface area contributed by atoms with Crippen molar-refractivity contribution in [3.05, 3.63) is 115 Å². The van der Waals surface area contributed by atoms with Gasteiger partial charge in [0.25, 0.3) is 0 Å². The van der Waals surface area contributed by atoms with Crippen molar-refractivity contribution in [1.29, 1.82) is 0 Å². The zero-order valence-electron chi connectivity index (χ0n) is 22.2. The zero-order chi connectivity index (χ0) is 27.5. The molecule has 5 aromatic rings. The van der Waals surface area contributed by atoms with Gasteiger partial charge in [-0.15, -0.1) is 0 Å². The molecular formula is C33H31N5O2. The van der Waals surface area contributed by atoms with Crippen molar-refractivity contribution in [2.45, 2.75) is 25.3 Å². The lowest BCUT2D eigenvalue weighted by Gasteiger charge is -2.32. The molecule has 0 bridgehead atoms. The van der Waals surface area contributed by atoms with Crippen LogP contribution in [0, 0.1) is 0 Å². The van der Waals surface area contributed by atoms with E-state index in [-0.39, 0.29) is 11.9 Å². The molecule has 3 aromatic carbocycles. The van der Waals surface area contributed by atoms with E-state index in [1.807, 2.05) is 83.9 Å². The van der Waals surface area contributed by atoms with Crippen molar-refractivity contribution in [2.75, 3.05) is 18.8 Å². The molecule has 1 unspecified atom stereocenters. The van der Waals surface area contributed by atoms with Gasteiger partial charge in [-0.25, -0.2) is 4.98 Å². The summed E-state index contributed by atoms with van der Waals surface area (Å²) in [5, 5.41) is 6.00.